The fraction of sp³-hybridized carbons (Fsp3) is 0.227. The highest BCUT2D eigenvalue weighted by molar-refractivity contribution is 5.90. The van der Waals surface area contributed by atoms with Crippen molar-refractivity contribution >= 4 is 17.2 Å². The average molecular weight is 390 g/mol. The third-order valence-electron chi connectivity index (χ3n) is 4.93. The van der Waals surface area contributed by atoms with Crippen molar-refractivity contribution in [1.82, 2.24) is 15.0 Å². The number of rotatable bonds is 5. The highest BCUT2D eigenvalue weighted by Gasteiger charge is 2.18. The van der Waals surface area contributed by atoms with E-state index in [4.69, 9.17) is 9.84 Å². The van der Waals surface area contributed by atoms with Crippen molar-refractivity contribution in [2.75, 3.05) is 31.2 Å². The zero-order chi connectivity index (χ0) is 20.2. The first-order chi connectivity index (χ1) is 14.1. The number of aromatic nitrogens is 3. The SMILES string of the molecule is C/C(=C\C(=O)O)c1ccc(N2CCOCC2)c(-n2cc(-c3ccccc3)nn2)c1. The molecule has 148 valence electrons. The Balaban J connectivity index is 1.78. The Bertz CT molecular complexity index is 1040. The summed E-state index contributed by atoms with van der Waals surface area (Å²) >= 11 is 0. The second-order valence-corrected chi connectivity index (χ2v) is 6.88. The van der Waals surface area contributed by atoms with Gasteiger partial charge in [-0.15, -0.1) is 5.10 Å². The molecule has 1 saturated heterocycles. The van der Waals surface area contributed by atoms with Gasteiger partial charge in [0.1, 0.15) is 5.69 Å². The van der Waals surface area contributed by atoms with Gasteiger partial charge in [-0.3, -0.25) is 0 Å². The highest BCUT2D eigenvalue weighted by Crippen LogP contribution is 2.29. The van der Waals surface area contributed by atoms with Crippen molar-refractivity contribution in [2.45, 2.75) is 6.92 Å². The molecule has 29 heavy (non-hydrogen) atoms. The molecule has 3 aromatic rings. The van der Waals surface area contributed by atoms with E-state index in [0.29, 0.717) is 18.8 Å². The number of ether oxygens (including phenoxy) is 1. The molecule has 2 heterocycles. The van der Waals surface area contributed by atoms with Crippen LogP contribution in [0.5, 0.6) is 0 Å². The van der Waals surface area contributed by atoms with Crippen LogP contribution < -0.4 is 4.90 Å². The van der Waals surface area contributed by atoms with E-state index in [-0.39, 0.29) is 0 Å². The third kappa shape index (κ3) is 4.20. The van der Waals surface area contributed by atoms with Crippen LogP contribution in [-0.2, 0) is 9.53 Å². The zero-order valence-corrected chi connectivity index (χ0v) is 16.2. The maximum Gasteiger partial charge on any atom is 0.328 e. The van der Waals surface area contributed by atoms with E-state index in [1.807, 2.05) is 54.7 Å². The van der Waals surface area contributed by atoms with Gasteiger partial charge < -0.3 is 14.7 Å². The van der Waals surface area contributed by atoms with Gasteiger partial charge in [0.15, 0.2) is 0 Å². The molecule has 1 aliphatic rings. The summed E-state index contributed by atoms with van der Waals surface area (Å²) in [6, 6.07) is 15.8. The first-order valence-corrected chi connectivity index (χ1v) is 9.48. The number of benzene rings is 2. The standard InChI is InChI=1S/C22H22N4O3/c1-16(13-22(27)28)18-7-8-20(25-9-11-29-12-10-25)21(14-18)26-15-19(23-24-26)17-5-3-2-4-6-17/h2-8,13-15H,9-12H2,1H3,(H,27,28)/b16-13+. The van der Waals surface area contributed by atoms with Crippen LogP contribution in [0.3, 0.4) is 0 Å². The predicted molar refractivity (Wildman–Crippen MR) is 111 cm³/mol. The van der Waals surface area contributed by atoms with Crippen LogP contribution in [0.25, 0.3) is 22.5 Å². The first kappa shape index (κ1) is 18.9. The normalized spacial score (nSPS) is 14.8. The fourth-order valence-corrected chi connectivity index (χ4v) is 3.42. The lowest BCUT2D eigenvalue weighted by molar-refractivity contribution is -0.131. The minimum Gasteiger partial charge on any atom is -0.478 e. The molecule has 2 aromatic carbocycles. The van der Waals surface area contributed by atoms with Gasteiger partial charge in [-0.05, 0) is 30.2 Å². The Hall–Kier alpha value is -3.45. The van der Waals surface area contributed by atoms with Crippen molar-refractivity contribution in [3.05, 3.63) is 66.4 Å². The second-order valence-electron chi connectivity index (χ2n) is 6.88. The van der Waals surface area contributed by atoms with Crippen molar-refractivity contribution in [2.24, 2.45) is 0 Å². The summed E-state index contributed by atoms with van der Waals surface area (Å²) in [7, 11) is 0. The van der Waals surface area contributed by atoms with Crippen molar-refractivity contribution in [3.63, 3.8) is 0 Å². The summed E-state index contributed by atoms with van der Waals surface area (Å²) in [5, 5.41) is 17.8. The van der Waals surface area contributed by atoms with E-state index >= 15 is 0 Å². The van der Waals surface area contributed by atoms with E-state index < -0.39 is 5.97 Å². The smallest absolute Gasteiger partial charge is 0.328 e. The van der Waals surface area contributed by atoms with Crippen LogP contribution in [0.15, 0.2) is 60.8 Å². The van der Waals surface area contributed by atoms with Crippen molar-refractivity contribution < 1.29 is 14.6 Å². The summed E-state index contributed by atoms with van der Waals surface area (Å²) in [6.45, 7) is 4.71. The maximum atomic E-state index is 11.1. The molecule has 0 aliphatic carbocycles. The van der Waals surface area contributed by atoms with E-state index in [1.165, 1.54) is 6.08 Å². The number of hydrogen-bond donors (Lipinski definition) is 1. The predicted octanol–water partition coefficient (Wildman–Crippen LogP) is 3.26. The minimum absolute atomic E-state index is 0.672. The third-order valence-corrected chi connectivity index (χ3v) is 4.93. The molecule has 0 radical (unpaired) electrons. The second kappa shape index (κ2) is 8.28. The molecular formula is C22H22N4O3. The lowest BCUT2D eigenvalue weighted by atomic mass is 10.0. The lowest BCUT2D eigenvalue weighted by Gasteiger charge is -2.30. The number of aliphatic carboxylic acids is 1. The van der Waals surface area contributed by atoms with E-state index in [9.17, 15) is 4.79 Å². The van der Waals surface area contributed by atoms with E-state index in [2.05, 4.69) is 15.2 Å². The number of carboxylic acids is 1. The number of hydrogen-bond acceptors (Lipinski definition) is 5. The molecule has 0 saturated carbocycles. The van der Waals surface area contributed by atoms with E-state index in [1.54, 1.807) is 11.6 Å². The first-order valence-electron chi connectivity index (χ1n) is 9.48. The Labute approximate surface area is 168 Å². The molecule has 4 rings (SSSR count). The molecule has 7 nitrogen and oxygen atoms in total. The molecule has 0 atom stereocenters. The molecule has 1 N–H and O–H groups in total. The quantitative estimate of drug-likeness (QED) is 0.674. The van der Waals surface area contributed by atoms with E-state index in [0.717, 1.165) is 41.3 Å². The van der Waals surface area contributed by atoms with Crippen LogP contribution >= 0.6 is 0 Å². The largest absolute Gasteiger partial charge is 0.478 e. The molecule has 0 spiro atoms. The van der Waals surface area contributed by atoms with Crippen molar-refractivity contribution in [3.8, 4) is 16.9 Å². The average Bonchev–Trinajstić information content (AvgIpc) is 3.24. The zero-order valence-electron chi connectivity index (χ0n) is 16.2. The van der Waals surface area contributed by atoms with Crippen LogP contribution in [0.1, 0.15) is 12.5 Å². The van der Waals surface area contributed by atoms with Crippen LogP contribution in [0.4, 0.5) is 5.69 Å². The van der Waals surface area contributed by atoms with Crippen molar-refractivity contribution in [1.29, 1.82) is 0 Å². The van der Waals surface area contributed by atoms with Gasteiger partial charge in [0.2, 0.25) is 0 Å². The fourth-order valence-electron chi connectivity index (χ4n) is 3.42. The van der Waals surface area contributed by atoms with Gasteiger partial charge in [-0.25, -0.2) is 9.48 Å². The Morgan fingerprint density at radius 2 is 1.86 bits per heavy atom. The number of nitrogens with zero attached hydrogens (tertiary/aromatic N) is 4. The number of morpholine rings is 1. The number of anilines is 1. The molecule has 1 aliphatic heterocycles. The molecule has 1 fully saturated rings. The minimum atomic E-state index is -0.964. The number of allylic oxidation sites excluding steroid dienone is 1. The Kier molecular flexibility index (Phi) is 5.39. The van der Waals surface area contributed by atoms with Gasteiger partial charge in [-0.2, -0.15) is 0 Å². The molecule has 0 unspecified atom stereocenters. The van der Waals surface area contributed by atoms with Gasteiger partial charge in [0.05, 0.1) is 30.8 Å². The van der Waals surface area contributed by atoms with Gasteiger partial charge >= 0.3 is 5.97 Å². The van der Waals surface area contributed by atoms with Gasteiger partial charge in [0, 0.05) is 24.7 Å². The van der Waals surface area contributed by atoms with Crippen LogP contribution in [0, 0.1) is 0 Å². The molecule has 7 heteroatoms. The van der Waals surface area contributed by atoms with Gasteiger partial charge in [-0.1, -0.05) is 41.6 Å². The maximum absolute atomic E-state index is 11.1. The summed E-state index contributed by atoms with van der Waals surface area (Å²) in [4.78, 5) is 13.3. The van der Waals surface area contributed by atoms with Crippen LogP contribution in [-0.4, -0.2) is 52.4 Å². The summed E-state index contributed by atoms with van der Waals surface area (Å²) in [5.41, 5.74) is 5.15. The molecule has 1 aromatic heterocycles. The summed E-state index contributed by atoms with van der Waals surface area (Å²) < 4.78 is 7.24. The summed E-state index contributed by atoms with van der Waals surface area (Å²) in [5.74, 6) is -0.964. The molecule has 0 bridgehead atoms. The monoisotopic (exact) mass is 390 g/mol. The Morgan fingerprint density at radius 3 is 2.59 bits per heavy atom. The van der Waals surface area contributed by atoms with Gasteiger partial charge in [0.25, 0.3) is 0 Å². The number of carbonyl (C=O) groups is 1. The summed E-state index contributed by atoms with van der Waals surface area (Å²) in [6.07, 6.45) is 3.11. The number of carboxylic acid groups (broad SMARTS) is 1. The topological polar surface area (TPSA) is 80.5 Å². The van der Waals surface area contributed by atoms with Crippen LogP contribution in [0.2, 0.25) is 0 Å². The Morgan fingerprint density at radius 1 is 1.10 bits per heavy atom. The highest BCUT2D eigenvalue weighted by atomic mass is 16.5. The molecular weight excluding hydrogens is 368 g/mol. The lowest BCUT2D eigenvalue weighted by Crippen LogP contribution is -2.36. The molecule has 0 amide bonds.